The average Bonchev–Trinajstić information content (AvgIpc) is 2.66. The molecule has 0 unspecified atom stereocenters. The van der Waals surface area contributed by atoms with Gasteiger partial charge in [-0.05, 0) is 45.1 Å². The molecule has 0 bridgehead atoms. The zero-order valence-corrected chi connectivity index (χ0v) is 13.6. The fourth-order valence-corrected chi connectivity index (χ4v) is 2.61. The van der Waals surface area contributed by atoms with Crippen molar-refractivity contribution in [1.29, 1.82) is 0 Å². The van der Waals surface area contributed by atoms with E-state index in [1.807, 2.05) is 46.8 Å². The summed E-state index contributed by atoms with van der Waals surface area (Å²) in [7, 11) is -0.440. The summed E-state index contributed by atoms with van der Waals surface area (Å²) in [4.78, 5) is 7.56. The summed E-state index contributed by atoms with van der Waals surface area (Å²) in [5, 5.41) is 0.797. The Morgan fingerprint density at radius 2 is 1.77 bits per heavy atom. The summed E-state index contributed by atoms with van der Waals surface area (Å²) in [5.41, 5.74) is 1.74. The minimum atomic E-state index is -0.703. The number of rotatable bonds is 2. The third kappa shape index (κ3) is 2.40. The van der Waals surface area contributed by atoms with Crippen molar-refractivity contribution in [1.82, 2.24) is 9.97 Å². The molecule has 0 radical (unpaired) electrons. The lowest BCUT2D eigenvalue weighted by Gasteiger charge is -2.32. The topological polar surface area (TPSA) is 44.2 Å². The Kier molecular flexibility index (Phi) is 3.49. The van der Waals surface area contributed by atoms with Crippen LogP contribution in [0.2, 0.25) is 0 Å². The van der Waals surface area contributed by atoms with Gasteiger partial charge in [-0.2, -0.15) is 4.39 Å². The van der Waals surface area contributed by atoms with Gasteiger partial charge in [0.2, 0.25) is 0 Å². The third-order valence-corrected chi connectivity index (χ3v) is 4.66. The molecule has 6 heteroatoms. The predicted octanol–water partition coefficient (Wildman–Crippen LogP) is 2.63. The van der Waals surface area contributed by atoms with Crippen LogP contribution in [0, 0.1) is 6.08 Å². The van der Waals surface area contributed by atoms with E-state index in [1.165, 1.54) is 6.20 Å². The average molecular weight is 302 g/mol. The van der Waals surface area contributed by atoms with Crippen LogP contribution in [0.25, 0.3) is 10.9 Å². The first-order valence-corrected chi connectivity index (χ1v) is 7.54. The molecule has 1 saturated heterocycles. The van der Waals surface area contributed by atoms with E-state index in [4.69, 9.17) is 9.31 Å². The van der Waals surface area contributed by atoms with Gasteiger partial charge in [0.05, 0.1) is 16.7 Å². The number of hydrogen-bond donors (Lipinski definition) is 0. The first-order valence-electron chi connectivity index (χ1n) is 7.54. The number of aryl methyl sites for hydroxylation is 1. The van der Waals surface area contributed by atoms with Crippen LogP contribution in [-0.2, 0) is 15.7 Å². The van der Waals surface area contributed by atoms with E-state index in [9.17, 15) is 4.39 Å². The zero-order valence-electron chi connectivity index (χ0n) is 13.6. The molecule has 0 amide bonds. The molecular weight excluding hydrogens is 282 g/mol. The van der Waals surface area contributed by atoms with Gasteiger partial charge < -0.3 is 9.31 Å². The fourth-order valence-electron chi connectivity index (χ4n) is 2.61. The highest BCUT2D eigenvalue weighted by Gasteiger charge is 2.51. The van der Waals surface area contributed by atoms with E-state index in [0.717, 1.165) is 22.8 Å². The summed E-state index contributed by atoms with van der Waals surface area (Å²) in [6.45, 7) is 10.1. The summed E-state index contributed by atoms with van der Waals surface area (Å²) in [6, 6.07) is 3.90. The van der Waals surface area contributed by atoms with Crippen LogP contribution in [0.3, 0.4) is 0 Å². The Morgan fingerprint density at radius 1 is 1.14 bits per heavy atom. The number of aromatic nitrogens is 2. The Labute approximate surface area is 130 Å². The minimum absolute atomic E-state index is 0.391. The van der Waals surface area contributed by atoms with Crippen LogP contribution < -0.4 is 5.46 Å². The molecule has 1 aliphatic heterocycles. The first-order chi connectivity index (χ1) is 10.2. The van der Waals surface area contributed by atoms with Gasteiger partial charge in [-0.25, -0.2) is 9.97 Å². The quantitative estimate of drug-likeness (QED) is 0.632. The maximum atomic E-state index is 13.3. The van der Waals surface area contributed by atoms with Gasteiger partial charge in [-0.15, -0.1) is 0 Å². The van der Waals surface area contributed by atoms with E-state index in [0.29, 0.717) is 5.52 Å². The Morgan fingerprint density at radius 3 is 2.36 bits per heavy atom. The monoisotopic (exact) mass is 302 g/mol. The first kappa shape index (κ1) is 15.4. The second kappa shape index (κ2) is 5.00. The van der Waals surface area contributed by atoms with Gasteiger partial charge in [0.15, 0.2) is 0 Å². The molecule has 2 aromatic rings. The molecule has 3 rings (SSSR count). The van der Waals surface area contributed by atoms with Gasteiger partial charge in [0.25, 0.3) is 0 Å². The van der Waals surface area contributed by atoms with Crippen LogP contribution in [0.4, 0.5) is 4.39 Å². The molecule has 0 spiro atoms. The van der Waals surface area contributed by atoms with Gasteiger partial charge >= 0.3 is 13.2 Å². The van der Waals surface area contributed by atoms with Crippen molar-refractivity contribution in [2.45, 2.75) is 52.2 Å². The lowest BCUT2D eigenvalue weighted by molar-refractivity contribution is 0.00578. The lowest BCUT2D eigenvalue weighted by atomic mass is 9.77. The highest BCUT2D eigenvalue weighted by atomic mass is 19.1. The van der Waals surface area contributed by atoms with Crippen LogP contribution >= 0.6 is 0 Å². The number of nitrogens with zero attached hydrogens (tertiary/aromatic N) is 2. The molecule has 2 heterocycles. The lowest BCUT2D eigenvalue weighted by Crippen LogP contribution is -2.41. The Hall–Kier alpha value is -1.53. The van der Waals surface area contributed by atoms with Crippen molar-refractivity contribution in [3.05, 3.63) is 30.0 Å². The van der Waals surface area contributed by atoms with Crippen LogP contribution in [0.15, 0.2) is 18.3 Å². The second-order valence-electron chi connectivity index (χ2n) is 6.70. The number of benzene rings is 1. The minimum Gasteiger partial charge on any atom is -0.399 e. The van der Waals surface area contributed by atoms with Crippen molar-refractivity contribution in [2.24, 2.45) is 0 Å². The molecule has 0 aliphatic carbocycles. The fraction of sp³-hybridized carbons (Fsp3) is 0.500. The van der Waals surface area contributed by atoms with E-state index in [-0.39, 0.29) is 0 Å². The molecule has 116 valence electrons. The zero-order chi connectivity index (χ0) is 16.1. The van der Waals surface area contributed by atoms with E-state index < -0.39 is 24.4 Å². The normalized spacial score (nSPS) is 19.8. The van der Waals surface area contributed by atoms with Crippen molar-refractivity contribution in [3.8, 4) is 0 Å². The maximum Gasteiger partial charge on any atom is 0.494 e. The van der Waals surface area contributed by atoms with Gasteiger partial charge in [0.1, 0.15) is 0 Å². The van der Waals surface area contributed by atoms with Crippen molar-refractivity contribution in [2.75, 3.05) is 0 Å². The summed E-state index contributed by atoms with van der Waals surface area (Å²) >= 11 is 0. The van der Waals surface area contributed by atoms with E-state index in [2.05, 4.69) is 9.97 Å². The Balaban J connectivity index is 2.08. The summed E-state index contributed by atoms with van der Waals surface area (Å²) in [6.07, 6.45) is 1.55. The largest absolute Gasteiger partial charge is 0.494 e. The third-order valence-electron chi connectivity index (χ3n) is 4.66. The smallest absolute Gasteiger partial charge is 0.399 e. The number of hydrogen-bond acceptors (Lipinski definition) is 4. The van der Waals surface area contributed by atoms with E-state index >= 15 is 0 Å². The summed E-state index contributed by atoms with van der Waals surface area (Å²) < 4.78 is 25.5. The molecular formula is C16H20BFN2O2. The standard InChI is InChI=1S/C16H20BFN2O2/c1-6-10-7-12(8-11-9-19-14(18)20-13(10)11)17-21-15(2,3)16(4,5)22-17/h7-9H,6H2,1-5H3. The predicted molar refractivity (Wildman–Crippen MR) is 84.6 cm³/mol. The molecule has 0 N–H and O–H groups in total. The second-order valence-corrected chi connectivity index (χ2v) is 6.70. The molecule has 1 aliphatic rings. The van der Waals surface area contributed by atoms with Crippen molar-refractivity contribution < 1.29 is 13.7 Å². The van der Waals surface area contributed by atoms with Gasteiger partial charge in [0, 0.05) is 11.6 Å². The molecule has 1 fully saturated rings. The Bertz CT molecular complexity index is 717. The van der Waals surface area contributed by atoms with Crippen molar-refractivity contribution in [3.63, 3.8) is 0 Å². The highest BCUT2D eigenvalue weighted by Crippen LogP contribution is 2.36. The van der Waals surface area contributed by atoms with Gasteiger partial charge in [-0.1, -0.05) is 19.1 Å². The molecule has 22 heavy (non-hydrogen) atoms. The van der Waals surface area contributed by atoms with Crippen LogP contribution in [-0.4, -0.2) is 28.3 Å². The van der Waals surface area contributed by atoms with Crippen LogP contribution in [0.1, 0.15) is 40.2 Å². The van der Waals surface area contributed by atoms with Gasteiger partial charge in [-0.3, -0.25) is 0 Å². The number of halogens is 1. The van der Waals surface area contributed by atoms with E-state index in [1.54, 1.807) is 0 Å². The van der Waals surface area contributed by atoms with Crippen LogP contribution in [0.5, 0.6) is 0 Å². The molecule has 0 saturated carbocycles. The molecule has 1 aromatic heterocycles. The molecule has 4 nitrogen and oxygen atoms in total. The molecule has 0 atom stereocenters. The summed E-state index contributed by atoms with van der Waals surface area (Å²) in [5.74, 6) is 0. The molecule has 1 aromatic carbocycles. The van der Waals surface area contributed by atoms with Crippen molar-refractivity contribution >= 4 is 23.5 Å². The highest BCUT2D eigenvalue weighted by molar-refractivity contribution is 6.62. The number of fused-ring (bicyclic) bond motifs is 1. The SMILES string of the molecule is CCc1cc(B2OC(C)(C)C(C)(C)O2)cc2cnc(F)nc12. The maximum absolute atomic E-state index is 13.3.